The molecule has 1 aromatic heterocycles. The number of halogens is 2. The van der Waals surface area contributed by atoms with Crippen LogP contribution in [0.5, 0.6) is 0 Å². The Labute approximate surface area is 142 Å². The van der Waals surface area contributed by atoms with Crippen LogP contribution < -0.4 is 5.32 Å². The molecule has 1 heterocycles. The Balaban J connectivity index is 1.58. The van der Waals surface area contributed by atoms with Crippen molar-refractivity contribution >= 4 is 17.2 Å². The van der Waals surface area contributed by atoms with E-state index >= 15 is 0 Å². The molecule has 3 nitrogen and oxygen atoms in total. The Morgan fingerprint density at radius 1 is 1.12 bits per heavy atom. The van der Waals surface area contributed by atoms with Gasteiger partial charge in [0.05, 0.1) is 11.3 Å². The molecule has 0 aliphatic carbocycles. The fourth-order valence-corrected chi connectivity index (χ4v) is 3.07. The summed E-state index contributed by atoms with van der Waals surface area (Å²) in [7, 11) is 0. The van der Waals surface area contributed by atoms with Crippen molar-refractivity contribution in [3.8, 4) is 10.6 Å². The lowest BCUT2D eigenvalue weighted by atomic mass is 10.2. The van der Waals surface area contributed by atoms with Crippen LogP contribution in [-0.4, -0.2) is 17.4 Å². The van der Waals surface area contributed by atoms with E-state index in [4.69, 9.17) is 0 Å². The summed E-state index contributed by atoms with van der Waals surface area (Å²) in [4.78, 5) is 16.4. The van der Waals surface area contributed by atoms with Gasteiger partial charge >= 0.3 is 0 Å². The number of benzene rings is 2. The first-order valence-electron chi connectivity index (χ1n) is 7.36. The zero-order valence-electron chi connectivity index (χ0n) is 12.6. The van der Waals surface area contributed by atoms with Crippen molar-refractivity contribution in [1.29, 1.82) is 0 Å². The average molecular weight is 344 g/mol. The zero-order chi connectivity index (χ0) is 16.9. The molecule has 0 saturated carbocycles. The quantitative estimate of drug-likeness (QED) is 0.758. The van der Waals surface area contributed by atoms with E-state index in [1.54, 1.807) is 0 Å². The maximum absolute atomic E-state index is 13.5. The van der Waals surface area contributed by atoms with Crippen LogP contribution >= 0.6 is 11.3 Å². The second-order valence-corrected chi connectivity index (χ2v) is 6.00. The van der Waals surface area contributed by atoms with Gasteiger partial charge in [0.25, 0.3) is 5.91 Å². The number of amides is 1. The van der Waals surface area contributed by atoms with E-state index in [0.29, 0.717) is 13.0 Å². The molecule has 0 radical (unpaired) electrons. The Hall–Kier alpha value is -2.60. The van der Waals surface area contributed by atoms with Crippen LogP contribution in [-0.2, 0) is 6.42 Å². The largest absolute Gasteiger partial charge is 0.352 e. The molecule has 122 valence electrons. The number of thiazole rings is 1. The molecule has 0 aliphatic heterocycles. The van der Waals surface area contributed by atoms with Gasteiger partial charge in [-0.1, -0.05) is 30.3 Å². The maximum Gasteiger partial charge on any atom is 0.254 e. The van der Waals surface area contributed by atoms with Gasteiger partial charge in [0.15, 0.2) is 0 Å². The van der Waals surface area contributed by atoms with Crippen molar-refractivity contribution in [1.82, 2.24) is 10.3 Å². The van der Waals surface area contributed by atoms with Crippen molar-refractivity contribution < 1.29 is 13.6 Å². The molecular formula is C18H14F2N2OS. The Bertz CT molecular complexity index is 849. The molecule has 2 aromatic carbocycles. The summed E-state index contributed by atoms with van der Waals surface area (Å²) < 4.78 is 26.6. The molecule has 1 amide bonds. The summed E-state index contributed by atoms with van der Waals surface area (Å²) in [6.45, 7) is 0.298. The molecule has 0 spiro atoms. The smallest absolute Gasteiger partial charge is 0.254 e. The minimum absolute atomic E-state index is 0.293. The van der Waals surface area contributed by atoms with Gasteiger partial charge in [0.2, 0.25) is 0 Å². The second kappa shape index (κ2) is 7.31. The molecule has 24 heavy (non-hydrogen) atoms. The third-order valence-corrected chi connectivity index (χ3v) is 4.35. The minimum atomic E-state index is -0.742. The molecule has 3 aromatic rings. The van der Waals surface area contributed by atoms with Crippen LogP contribution in [0.15, 0.2) is 53.9 Å². The van der Waals surface area contributed by atoms with Crippen LogP contribution in [0.2, 0.25) is 0 Å². The highest BCUT2D eigenvalue weighted by atomic mass is 32.1. The van der Waals surface area contributed by atoms with Gasteiger partial charge in [0, 0.05) is 23.9 Å². The Morgan fingerprint density at radius 2 is 1.92 bits per heavy atom. The zero-order valence-corrected chi connectivity index (χ0v) is 13.4. The number of hydrogen-bond donors (Lipinski definition) is 1. The highest BCUT2D eigenvalue weighted by Gasteiger charge is 2.12. The number of hydrogen-bond acceptors (Lipinski definition) is 3. The summed E-state index contributed by atoms with van der Waals surface area (Å²) in [6, 6.07) is 12.6. The van der Waals surface area contributed by atoms with Crippen LogP contribution in [0.4, 0.5) is 8.78 Å². The van der Waals surface area contributed by atoms with E-state index in [1.165, 1.54) is 11.3 Å². The van der Waals surface area contributed by atoms with E-state index < -0.39 is 17.5 Å². The molecule has 1 N–H and O–H groups in total. The summed E-state index contributed by atoms with van der Waals surface area (Å²) in [6.07, 6.45) is 0.520. The van der Waals surface area contributed by atoms with Crippen LogP contribution in [0, 0.1) is 11.6 Å². The van der Waals surface area contributed by atoms with Gasteiger partial charge in [-0.05, 0) is 18.2 Å². The van der Waals surface area contributed by atoms with Crippen LogP contribution in [0.25, 0.3) is 10.6 Å². The van der Waals surface area contributed by atoms with Crippen molar-refractivity contribution in [2.24, 2.45) is 0 Å². The maximum atomic E-state index is 13.5. The van der Waals surface area contributed by atoms with Gasteiger partial charge in [0.1, 0.15) is 16.6 Å². The third kappa shape index (κ3) is 3.83. The lowest BCUT2D eigenvalue weighted by Gasteiger charge is -2.05. The number of carbonyl (C=O) groups excluding carboxylic acids is 1. The third-order valence-electron chi connectivity index (χ3n) is 3.41. The minimum Gasteiger partial charge on any atom is -0.352 e. The number of nitrogens with one attached hydrogen (secondary N) is 1. The highest BCUT2D eigenvalue weighted by molar-refractivity contribution is 7.13. The van der Waals surface area contributed by atoms with Crippen molar-refractivity contribution in [3.05, 3.63) is 76.8 Å². The standard InChI is InChI=1S/C18H14F2N2OS/c19-13-6-7-16(20)15(10-13)17(23)21-9-8-14-11-24-18(22-14)12-4-2-1-3-5-12/h1-7,10-11H,8-9H2,(H,21,23). The van der Waals surface area contributed by atoms with Gasteiger partial charge in [-0.25, -0.2) is 13.8 Å². The molecule has 0 fully saturated rings. The molecule has 0 saturated heterocycles. The molecule has 0 bridgehead atoms. The van der Waals surface area contributed by atoms with Crippen molar-refractivity contribution in [2.45, 2.75) is 6.42 Å². The number of rotatable bonds is 5. The lowest BCUT2D eigenvalue weighted by molar-refractivity contribution is 0.0949. The van der Waals surface area contributed by atoms with E-state index in [0.717, 1.165) is 34.5 Å². The monoisotopic (exact) mass is 344 g/mol. The Morgan fingerprint density at radius 3 is 2.71 bits per heavy atom. The summed E-state index contributed by atoms with van der Waals surface area (Å²) in [5.41, 5.74) is 1.59. The topological polar surface area (TPSA) is 42.0 Å². The molecule has 3 rings (SSSR count). The summed E-state index contributed by atoms with van der Waals surface area (Å²) in [5.74, 6) is -2.02. The average Bonchev–Trinajstić information content (AvgIpc) is 3.06. The van der Waals surface area contributed by atoms with E-state index in [-0.39, 0.29) is 5.56 Å². The summed E-state index contributed by atoms with van der Waals surface area (Å²) >= 11 is 1.53. The number of carbonyl (C=O) groups is 1. The van der Waals surface area contributed by atoms with Crippen LogP contribution in [0.3, 0.4) is 0 Å². The van der Waals surface area contributed by atoms with Crippen molar-refractivity contribution in [3.63, 3.8) is 0 Å². The van der Waals surface area contributed by atoms with Gasteiger partial charge in [-0.3, -0.25) is 4.79 Å². The van der Waals surface area contributed by atoms with Gasteiger partial charge in [-0.15, -0.1) is 11.3 Å². The molecule has 0 unspecified atom stereocenters. The molecule has 0 atom stereocenters. The molecule has 6 heteroatoms. The SMILES string of the molecule is O=C(NCCc1csc(-c2ccccc2)n1)c1cc(F)ccc1F. The Kier molecular flexibility index (Phi) is 4.96. The number of aromatic nitrogens is 1. The fraction of sp³-hybridized carbons (Fsp3) is 0.111. The second-order valence-electron chi connectivity index (χ2n) is 5.14. The summed E-state index contributed by atoms with van der Waals surface area (Å²) in [5, 5.41) is 5.42. The van der Waals surface area contributed by atoms with Crippen molar-refractivity contribution in [2.75, 3.05) is 6.54 Å². The van der Waals surface area contributed by atoms with E-state index in [2.05, 4.69) is 10.3 Å². The predicted molar refractivity (Wildman–Crippen MR) is 89.9 cm³/mol. The van der Waals surface area contributed by atoms with Gasteiger partial charge in [-0.2, -0.15) is 0 Å². The van der Waals surface area contributed by atoms with E-state index in [1.807, 2.05) is 35.7 Å². The molecular weight excluding hydrogens is 330 g/mol. The predicted octanol–water partition coefficient (Wildman–Crippen LogP) is 4.06. The first-order chi connectivity index (χ1) is 11.6. The van der Waals surface area contributed by atoms with Gasteiger partial charge < -0.3 is 5.32 Å². The normalized spacial score (nSPS) is 10.6. The fourth-order valence-electron chi connectivity index (χ4n) is 2.21. The lowest BCUT2D eigenvalue weighted by Crippen LogP contribution is -2.26. The highest BCUT2D eigenvalue weighted by Crippen LogP contribution is 2.23. The van der Waals surface area contributed by atoms with E-state index in [9.17, 15) is 13.6 Å². The molecule has 0 aliphatic rings. The first-order valence-corrected chi connectivity index (χ1v) is 8.24. The number of nitrogens with zero attached hydrogens (tertiary/aromatic N) is 1. The first kappa shape index (κ1) is 16.3. The van der Waals surface area contributed by atoms with Crippen LogP contribution in [0.1, 0.15) is 16.1 Å².